The topological polar surface area (TPSA) is 237 Å². The Morgan fingerprint density at radius 1 is 0.330 bits per heavy atom. The van der Waals surface area contributed by atoms with Crippen LogP contribution in [0.5, 0.6) is 0 Å². The van der Waals surface area contributed by atoms with E-state index in [4.69, 9.17) is 37.0 Å². The number of aliphatic hydroxyl groups is 1. The molecule has 0 heterocycles. The number of allylic oxidation sites excluding steroid dienone is 4. The maximum absolute atomic E-state index is 13.1. The van der Waals surface area contributed by atoms with E-state index in [2.05, 4.69) is 65.8 Å². The van der Waals surface area contributed by atoms with E-state index in [9.17, 15) is 43.2 Å². The molecular weight excluding hydrogens is 1310 g/mol. The number of ether oxygens (including phenoxy) is 4. The number of phosphoric ester groups is 2. The van der Waals surface area contributed by atoms with E-state index in [0.717, 1.165) is 121 Å². The van der Waals surface area contributed by atoms with Gasteiger partial charge in [-0.3, -0.25) is 37.3 Å². The lowest BCUT2D eigenvalue weighted by Gasteiger charge is -2.21. The van der Waals surface area contributed by atoms with Crippen LogP contribution in [0.3, 0.4) is 0 Å². The summed E-state index contributed by atoms with van der Waals surface area (Å²) in [6, 6.07) is 0. The first-order chi connectivity index (χ1) is 48.4. The van der Waals surface area contributed by atoms with Crippen LogP contribution in [0.1, 0.15) is 401 Å². The normalized spacial score (nSPS) is 14.3. The van der Waals surface area contributed by atoms with Gasteiger partial charge >= 0.3 is 39.5 Å². The summed E-state index contributed by atoms with van der Waals surface area (Å²) in [5.74, 6) is -0.637. The lowest BCUT2D eigenvalue weighted by atomic mass is 9.99. The van der Waals surface area contributed by atoms with Crippen LogP contribution >= 0.6 is 15.6 Å². The first kappa shape index (κ1) is 97.5. The van der Waals surface area contributed by atoms with Gasteiger partial charge in [-0.1, -0.05) is 348 Å². The van der Waals surface area contributed by atoms with Gasteiger partial charge in [0.15, 0.2) is 12.2 Å². The second-order valence-electron chi connectivity index (χ2n) is 29.2. The van der Waals surface area contributed by atoms with Crippen LogP contribution in [-0.4, -0.2) is 96.7 Å². The number of rotatable bonds is 78. The highest BCUT2D eigenvalue weighted by Crippen LogP contribution is 2.45. The molecule has 0 aliphatic heterocycles. The molecule has 0 saturated carbocycles. The van der Waals surface area contributed by atoms with Crippen molar-refractivity contribution >= 4 is 39.5 Å². The summed E-state index contributed by atoms with van der Waals surface area (Å²) in [7, 11) is -9.93. The van der Waals surface area contributed by atoms with E-state index in [1.807, 2.05) is 0 Å². The maximum atomic E-state index is 13.1. The Morgan fingerprint density at radius 2 is 0.590 bits per heavy atom. The summed E-state index contributed by atoms with van der Waals surface area (Å²) in [6.45, 7) is 9.53. The van der Waals surface area contributed by atoms with Crippen molar-refractivity contribution in [3.8, 4) is 0 Å². The van der Waals surface area contributed by atoms with Gasteiger partial charge in [0.2, 0.25) is 0 Å². The second-order valence-corrected chi connectivity index (χ2v) is 32.1. The minimum atomic E-state index is -4.97. The molecule has 0 aliphatic rings. The predicted octanol–water partition coefficient (Wildman–Crippen LogP) is 23.8. The van der Waals surface area contributed by atoms with Gasteiger partial charge in [-0.15, -0.1) is 0 Å². The van der Waals surface area contributed by atoms with Crippen molar-refractivity contribution in [1.29, 1.82) is 0 Å². The molecule has 0 aromatic rings. The molecule has 3 unspecified atom stereocenters. The van der Waals surface area contributed by atoms with Crippen LogP contribution in [0, 0.1) is 11.8 Å². The molecule has 0 aromatic carbocycles. The fourth-order valence-corrected chi connectivity index (χ4v) is 13.5. The van der Waals surface area contributed by atoms with Gasteiger partial charge in [0.05, 0.1) is 26.4 Å². The zero-order valence-corrected chi connectivity index (χ0v) is 66.8. The molecule has 0 bridgehead atoms. The molecule has 0 aliphatic carbocycles. The standard InChI is InChI=1S/C81H154O17P2/c1-7-10-12-14-16-18-20-22-24-25-26-27-28-29-31-33-35-40-46-53-59-65-80(85)97-76(69-91-78(83)63-57-51-45-39-34-32-30-23-21-19-17-15-13-11-8-2)71-95-99(87,88)93-67-75(82)68-94-100(89,90)96-72-77(70-92-79(84)64-58-52-48-42-43-49-55-61-73(4)5)98-81(86)66-60-54-47-41-37-36-38-44-50-56-62-74(6)9-3/h19,21,23,30,73-77,82H,7-18,20,22,24-29,31-72H2,1-6H3,(H,87,88)(H,89,90)/b21-19-,30-23-/t74?,75-,76-,77-/m1/s1. The molecule has 0 fully saturated rings. The molecule has 6 atom stereocenters. The summed E-state index contributed by atoms with van der Waals surface area (Å²) >= 11 is 0. The average Bonchev–Trinajstić information content (AvgIpc) is 1.52. The van der Waals surface area contributed by atoms with Crippen LogP contribution in [0.4, 0.5) is 0 Å². The van der Waals surface area contributed by atoms with Gasteiger partial charge in [-0.25, -0.2) is 9.13 Å². The summed E-state index contributed by atoms with van der Waals surface area (Å²) in [5.41, 5.74) is 0. The number of carbonyl (C=O) groups excluding carboxylic acids is 4. The van der Waals surface area contributed by atoms with E-state index >= 15 is 0 Å². The summed E-state index contributed by atoms with van der Waals surface area (Å²) in [4.78, 5) is 73.0. The quantitative estimate of drug-likeness (QED) is 0.0169. The molecule has 0 spiro atoms. The molecule has 0 aromatic heterocycles. The van der Waals surface area contributed by atoms with E-state index < -0.39 is 97.5 Å². The zero-order valence-electron chi connectivity index (χ0n) is 65.0. The number of esters is 4. The van der Waals surface area contributed by atoms with Crippen molar-refractivity contribution < 1.29 is 80.2 Å². The van der Waals surface area contributed by atoms with Crippen molar-refractivity contribution in [2.75, 3.05) is 39.6 Å². The highest BCUT2D eigenvalue weighted by molar-refractivity contribution is 7.47. The van der Waals surface area contributed by atoms with Crippen LogP contribution in [0.2, 0.25) is 0 Å². The predicted molar refractivity (Wildman–Crippen MR) is 409 cm³/mol. The number of aliphatic hydroxyl groups excluding tert-OH is 1. The number of hydrogen-bond donors (Lipinski definition) is 3. The molecule has 0 amide bonds. The van der Waals surface area contributed by atoms with Gasteiger partial charge in [-0.05, 0) is 63.2 Å². The van der Waals surface area contributed by atoms with Gasteiger partial charge in [-0.2, -0.15) is 0 Å². The number of carbonyl (C=O) groups is 4. The number of hydrogen-bond acceptors (Lipinski definition) is 15. The Bertz CT molecular complexity index is 2020. The van der Waals surface area contributed by atoms with Crippen molar-refractivity contribution in [1.82, 2.24) is 0 Å². The Morgan fingerprint density at radius 3 is 0.900 bits per heavy atom. The minimum absolute atomic E-state index is 0.102. The first-order valence-corrected chi connectivity index (χ1v) is 44.3. The Kier molecular flexibility index (Phi) is 70.3. The highest BCUT2D eigenvalue weighted by Gasteiger charge is 2.30. The van der Waals surface area contributed by atoms with Crippen LogP contribution in [-0.2, 0) is 65.4 Å². The monoisotopic (exact) mass is 1460 g/mol. The molecule has 0 radical (unpaired) electrons. The van der Waals surface area contributed by atoms with E-state index in [-0.39, 0.29) is 25.7 Å². The summed E-state index contributed by atoms with van der Waals surface area (Å²) in [6.07, 6.45) is 64.8. The van der Waals surface area contributed by atoms with Crippen molar-refractivity contribution in [2.45, 2.75) is 419 Å². The van der Waals surface area contributed by atoms with Gasteiger partial charge in [0, 0.05) is 25.7 Å². The number of unbranched alkanes of at least 4 members (excludes halogenated alkanes) is 44. The van der Waals surface area contributed by atoms with Gasteiger partial charge in [0.1, 0.15) is 19.3 Å². The Labute approximate surface area is 612 Å². The number of phosphoric acid groups is 2. The fraction of sp³-hybridized carbons (Fsp3) is 0.901. The molecule has 3 N–H and O–H groups in total. The maximum Gasteiger partial charge on any atom is 0.472 e. The highest BCUT2D eigenvalue weighted by atomic mass is 31.2. The first-order valence-electron chi connectivity index (χ1n) is 41.3. The van der Waals surface area contributed by atoms with E-state index in [0.29, 0.717) is 31.6 Å². The lowest BCUT2D eigenvalue weighted by molar-refractivity contribution is -0.161. The molecule has 17 nitrogen and oxygen atoms in total. The Balaban J connectivity index is 5.26. The van der Waals surface area contributed by atoms with Crippen LogP contribution in [0.25, 0.3) is 0 Å². The SMILES string of the molecule is CCCCCC/C=C\C=C/CCCCCCCC(=O)OC[C@H](COP(=O)(O)OC[C@@H](O)COP(=O)(O)OC[C@@H](COC(=O)CCCCCCCCCC(C)C)OC(=O)CCCCCCCCCCCCC(C)CC)OC(=O)CCCCCCCCCCCCCCCCCCCCCCC. The molecule has 100 heavy (non-hydrogen) atoms. The average molecular weight is 1460 g/mol. The van der Waals surface area contributed by atoms with Crippen LogP contribution in [0.15, 0.2) is 24.3 Å². The second kappa shape index (κ2) is 72.1. The van der Waals surface area contributed by atoms with Gasteiger partial charge < -0.3 is 33.8 Å². The van der Waals surface area contributed by atoms with E-state index in [1.54, 1.807) is 0 Å². The molecular formula is C81H154O17P2. The summed E-state index contributed by atoms with van der Waals surface area (Å²) in [5, 5.41) is 10.6. The largest absolute Gasteiger partial charge is 0.472 e. The van der Waals surface area contributed by atoms with Gasteiger partial charge in [0.25, 0.3) is 0 Å². The smallest absolute Gasteiger partial charge is 0.462 e. The van der Waals surface area contributed by atoms with Crippen molar-refractivity contribution in [3.63, 3.8) is 0 Å². The molecule has 19 heteroatoms. The minimum Gasteiger partial charge on any atom is -0.462 e. The van der Waals surface area contributed by atoms with Crippen molar-refractivity contribution in [3.05, 3.63) is 24.3 Å². The molecule has 0 rings (SSSR count). The third-order valence-electron chi connectivity index (χ3n) is 18.7. The van der Waals surface area contributed by atoms with Crippen molar-refractivity contribution in [2.24, 2.45) is 11.8 Å². The van der Waals surface area contributed by atoms with Crippen LogP contribution < -0.4 is 0 Å². The molecule has 590 valence electrons. The fourth-order valence-electron chi connectivity index (χ4n) is 12.0. The third kappa shape index (κ3) is 72.5. The zero-order chi connectivity index (χ0) is 73.5. The Hall–Kier alpha value is -2.46. The lowest BCUT2D eigenvalue weighted by Crippen LogP contribution is -2.30. The molecule has 0 saturated heterocycles. The third-order valence-corrected chi connectivity index (χ3v) is 20.6. The van der Waals surface area contributed by atoms with E-state index in [1.165, 1.54) is 193 Å². The summed E-state index contributed by atoms with van der Waals surface area (Å²) < 4.78 is 68.6.